The van der Waals surface area contributed by atoms with Crippen LogP contribution in [0.5, 0.6) is 0 Å². The largest absolute Gasteiger partial charge is 0.377 e. The highest BCUT2D eigenvalue weighted by atomic mass is 35.5. The molecule has 29 heavy (non-hydrogen) atoms. The Morgan fingerprint density at radius 1 is 1.07 bits per heavy atom. The molecule has 0 unspecified atom stereocenters. The minimum Gasteiger partial charge on any atom is -0.377 e. The van der Waals surface area contributed by atoms with Crippen molar-refractivity contribution >= 4 is 40.7 Å². The van der Waals surface area contributed by atoms with Gasteiger partial charge in [0.25, 0.3) is 0 Å². The monoisotopic (exact) mass is 459 g/mol. The molecule has 162 valence electrons. The summed E-state index contributed by atoms with van der Waals surface area (Å²) in [4.78, 5) is 11.7. The fourth-order valence-electron chi connectivity index (χ4n) is 2.56. The van der Waals surface area contributed by atoms with Crippen molar-refractivity contribution in [3.05, 3.63) is 56.6 Å². The van der Waals surface area contributed by atoms with Crippen molar-refractivity contribution in [1.29, 1.82) is 0 Å². The fraction of sp³-hybridized carbons (Fsp3) is 0.522. The number of ether oxygens (including phenoxy) is 1. The SMILES string of the molecule is CC(C=CCCCCCCOCc1cc(Cl)c(Cl)cc1Cl)=CC(=O)NCC(C)C. The lowest BCUT2D eigenvalue weighted by Gasteiger charge is -2.08. The van der Waals surface area contributed by atoms with Crippen molar-refractivity contribution in [2.45, 2.75) is 59.5 Å². The van der Waals surface area contributed by atoms with Crippen LogP contribution in [0, 0.1) is 5.92 Å². The van der Waals surface area contributed by atoms with Crippen LogP contribution in [0.15, 0.2) is 35.9 Å². The molecule has 1 aromatic carbocycles. The predicted molar refractivity (Wildman–Crippen MR) is 125 cm³/mol. The molecule has 1 amide bonds. The number of hydrogen-bond acceptors (Lipinski definition) is 2. The van der Waals surface area contributed by atoms with Crippen LogP contribution in [0.1, 0.15) is 58.4 Å². The van der Waals surface area contributed by atoms with E-state index in [-0.39, 0.29) is 5.91 Å². The van der Waals surface area contributed by atoms with Gasteiger partial charge >= 0.3 is 0 Å². The predicted octanol–water partition coefficient (Wildman–Crippen LogP) is 7.39. The summed E-state index contributed by atoms with van der Waals surface area (Å²) >= 11 is 18.1. The van der Waals surface area contributed by atoms with Crippen LogP contribution < -0.4 is 5.32 Å². The van der Waals surface area contributed by atoms with Crippen molar-refractivity contribution in [1.82, 2.24) is 5.32 Å². The number of nitrogens with one attached hydrogen (secondary N) is 1. The summed E-state index contributed by atoms with van der Waals surface area (Å²) in [5.74, 6) is 0.436. The van der Waals surface area contributed by atoms with Gasteiger partial charge in [0, 0.05) is 24.3 Å². The third-order valence-corrected chi connectivity index (χ3v) is 5.25. The molecule has 0 radical (unpaired) electrons. The van der Waals surface area contributed by atoms with Crippen LogP contribution in [0.3, 0.4) is 0 Å². The molecule has 0 heterocycles. The van der Waals surface area contributed by atoms with Gasteiger partial charge in [0.2, 0.25) is 5.91 Å². The molecule has 0 saturated carbocycles. The highest BCUT2D eigenvalue weighted by Crippen LogP contribution is 2.29. The van der Waals surface area contributed by atoms with Gasteiger partial charge in [-0.15, -0.1) is 0 Å². The Labute approximate surface area is 190 Å². The Morgan fingerprint density at radius 2 is 1.76 bits per heavy atom. The molecule has 1 rings (SSSR count). The van der Waals surface area contributed by atoms with Crippen LogP contribution >= 0.6 is 34.8 Å². The molecule has 0 aliphatic carbocycles. The molecule has 0 fully saturated rings. The Kier molecular flexibility index (Phi) is 13.4. The normalized spacial score (nSPS) is 12.2. The van der Waals surface area contributed by atoms with Crippen molar-refractivity contribution in [2.24, 2.45) is 5.92 Å². The third-order valence-electron chi connectivity index (χ3n) is 4.18. The minimum absolute atomic E-state index is 0.0250. The molecule has 0 saturated heterocycles. The molecule has 0 spiro atoms. The lowest BCUT2D eigenvalue weighted by Crippen LogP contribution is -2.25. The highest BCUT2D eigenvalue weighted by molar-refractivity contribution is 6.43. The second-order valence-corrected chi connectivity index (χ2v) is 8.76. The number of halogens is 3. The van der Waals surface area contributed by atoms with E-state index in [4.69, 9.17) is 39.5 Å². The number of benzene rings is 1. The van der Waals surface area contributed by atoms with Gasteiger partial charge in [0.1, 0.15) is 0 Å². The molecule has 0 aromatic heterocycles. The number of amides is 1. The summed E-state index contributed by atoms with van der Waals surface area (Å²) in [6, 6.07) is 3.40. The number of carbonyl (C=O) groups is 1. The van der Waals surface area contributed by atoms with Crippen molar-refractivity contribution in [2.75, 3.05) is 13.2 Å². The molecule has 0 atom stereocenters. The van der Waals surface area contributed by atoms with Crippen LogP contribution in [0.4, 0.5) is 0 Å². The average molecular weight is 461 g/mol. The van der Waals surface area contributed by atoms with Crippen LogP contribution in [0.25, 0.3) is 0 Å². The number of allylic oxidation sites excluding steroid dienone is 3. The summed E-state index contributed by atoms with van der Waals surface area (Å²) in [6.45, 7) is 7.94. The zero-order valence-electron chi connectivity index (χ0n) is 17.6. The van der Waals surface area contributed by atoms with E-state index in [0.29, 0.717) is 40.7 Å². The van der Waals surface area contributed by atoms with Crippen molar-refractivity contribution in [3.63, 3.8) is 0 Å². The van der Waals surface area contributed by atoms with Crippen LogP contribution in [-0.2, 0) is 16.1 Å². The Balaban J connectivity index is 2.09. The second-order valence-electron chi connectivity index (χ2n) is 7.54. The first-order valence-corrected chi connectivity index (χ1v) is 11.3. The van der Waals surface area contributed by atoms with Gasteiger partial charge in [0.05, 0.1) is 16.7 Å². The van der Waals surface area contributed by atoms with Gasteiger partial charge in [0.15, 0.2) is 0 Å². The number of rotatable bonds is 13. The molecule has 3 nitrogen and oxygen atoms in total. The van der Waals surface area contributed by atoms with E-state index in [0.717, 1.165) is 43.2 Å². The number of hydrogen-bond donors (Lipinski definition) is 1. The van der Waals surface area contributed by atoms with Gasteiger partial charge in [-0.2, -0.15) is 0 Å². The van der Waals surface area contributed by atoms with Gasteiger partial charge in [-0.05, 0) is 55.4 Å². The Bertz CT molecular complexity index is 700. The van der Waals surface area contributed by atoms with Crippen LogP contribution in [-0.4, -0.2) is 19.1 Å². The summed E-state index contributed by atoms with van der Waals surface area (Å²) in [5.41, 5.74) is 1.83. The first-order valence-electron chi connectivity index (χ1n) is 10.1. The quantitative estimate of drug-likeness (QED) is 0.144. The van der Waals surface area contributed by atoms with Crippen molar-refractivity contribution < 1.29 is 9.53 Å². The minimum atomic E-state index is -0.0250. The maximum atomic E-state index is 11.7. The molecule has 0 bridgehead atoms. The zero-order chi connectivity index (χ0) is 21.6. The smallest absolute Gasteiger partial charge is 0.244 e. The van der Waals surface area contributed by atoms with E-state index < -0.39 is 0 Å². The maximum Gasteiger partial charge on any atom is 0.244 e. The zero-order valence-corrected chi connectivity index (χ0v) is 19.8. The number of carbonyl (C=O) groups excluding carboxylic acids is 1. The van der Waals surface area contributed by atoms with E-state index >= 15 is 0 Å². The first kappa shape index (κ1) is 26.0. The molecule has 0 aliphatic rings. The molecular weight excluding hydrogens is 429 g/mol. The Hall–Kier alpha value is -1.00. The fourth-order valence-corrected chi connectivity index (χ4v) is 3.18. The molecule has 1 aromatic rings. The summed E-state index contributed by atoms with van der Waals surface area (Å²) in [7, 11) is 0. The summed E-state index contributed by atoms with van der Waals surface area (Å²) in [5, 5.41) is 4.41. The topological polar surface area (TPSA) is 38.3 Å². The highest BCUT2D eigenvalue weighted by Gasteiger charge is 2.06. The van der Waals surface area contributed by atoms with E-state index in [2.05, 4.69) is 25.2 Å². The molecule has 0 aliphatic heterocycles. The van der Waals surface area contributed by atoms with Crippen LogP contribution in [0.2, 0.25) is 15.1 Å². The van der Waals surface area contributed by atoms with Gasteiger partial charge < -0.3 is 10.1 Å². The number of unbranched alkanes of at least 4 members (excludes halogenated alkanes) is 4. The van der Waals surface area contributed by atoms with Gasteiger partial charge in [-0.3, -0.25) is 4.79 Å². The van der Waals surface area contributed by atoms with Gasteiger partial charge in [-0.25, -0.2) is 0 Å². The van der Waals surface area contributed by atoms with Gasteiger partial charge in [-0.1, -0.05) is 73.6 Å². The molecule has 6 heteroatoms. The standard InChI is InChI=1S/C23H32Cl3NO2/c1-17(2)15-27-23(28)12-18(3)10-8-6-4-5-7-9-11-29-16-19-13-21(25)22(26)14-20(19)24/h8,10,12-14,17H,4-7,9,11,15-16H2,1-3H3,(H,27,28). The second kappa shape index (κ2) is 14.9. The summed E-state index contributed by atoms with van der Waals surface area (Å²) < 4.78 is 5.68. The van der Waals surface area contributed by atoms with Crippen molar-refractivity contribution in [3.8, 4) is 0 Å². The summed E-state index contributed by atoms with van der Waals surface area (Å²) in [6.07, 6.45) is 11.2. The molecular formula is C23H32Cl3NO2. The average Bonchev–Trinajstić information content (AvgIpc) is 2.65. The van der Waals surface area contributed by atoms with E-state index in [1.54, 1.807) is 18.2 Å². The van der Waals surface area contributed by atoms with E-state index in [9.17, 15) is 4.79 Å². The first-order chi connectivity index (χ1) is 13.8. The lowest BCUT2D eigenvalue weighted by molar-refractivity contribution is -0.116. The van der Waals surface area contributed by atoms with E-state index in [1.807, 2.05) is 13.0 Å². The van der Waals surface area contributed by atoms with E-state index in [1.165, 1.54) is 0 Å². The third kappa shape index (κ3) is 12.3. The Morgan fingerprint density at radius 3 is 2.48 bits per heavy atom. The lowest BCUT2D eigenvalue weighted by atomic mass is 10.1. The maximum absolute atomic E-state index is 11.7. The molecule has 1 N–H and O–H groups in total.